The third-order valence-electron chi connectivity index (χ3n) is 5.67. The molecule has 0 radical (unpaired) electrons. The van der Waals surface area contributed by atoms with Gasteiger partial charge >= 0.3 is 18.2 Å². The zero-order chi connectivity index (χ0) is 28.4. The van der Waals surface area contributed by atoms with Gasteiger partial charge in [-0.2, -0.15) is 0 Å². The molecule has 3 rings (SSSR count). The Morgan fingerprint density at radius 1 is 1.05 bits per heavy atom. The molecule has 1 aliphatic rings. The van der Waals surface area contributed by atoms with Crippen LogP contribution in [0.4, 0.5) is 9.59 Å². The fraction of sp³-hybridized carbons (Fsp3) is 0.429. The van der Waals surface area contributed by atoms with E-state index < -0.39 is 41.8 Å². The van der Waals surface area contributed by atoms with E-state index in [0.717, 1.165) is 5.56 Å². The summed E-state index contributed by atoms with van der Waals surface area (Å²) >= 11 is 0. The first-order valence-electron chi connectivity index (χ1n) is 12.7. The predicted molar refractivity (Wildman–Crippen MR) is 140 cm³/mol. The Morgan fingerprint density at radius 2 is 1.77 bits per heavy atom. The Labute approximate surface area is 227 Å². The maximum Gasteiger partial charge on any atom is 0.514 e. The number of nitrogens with zero attached hydrogens (tertiary/aromatic N) is 1. The fourth-order valence-corrected chi connectivity index (χ4v) is 3.89. The summed E-state index contributed by atoms with van der Waals surface area (Å²) in [7, 11) is 1.28. The molecule has 1 fully saturated rings. The van der Waals surface area contributed by atoms with Gasteiger partial charge in [0.2, 0.25) is 0 Å². The van der Waals surface area contributed by atoms with Crippen molar-refractivity contribution >= 4 is 24.1 Å². The average molecular weight is 542 g/mol. The monoisotopic (exact) mass is 541 g/mol. The molecule has 2 N–H and O–H groups in total. The summed E-state index contributed by atoms with van der Waals surface area (Å²) in [5, 5.41) is 3.95. The molecule has 11 heteroatoms. The summed E-state index contributed by atoms with van der Waals surface area (Å²) in [6, 6.07) is 14.0. The van der Waals surface area contributed by atoms with Crippen molar-refractivity contribution in [2.45, 2.75) is 64.3 Å². The van der Waals surface area contributed by atoms with E-state index in [4.69, 9.17) is 18.9 Å². The van der Waals surface area contributed by atoms with Crippen molar-refractivity contribution < 1.29 is 38.1 Å². The largest absolute Gasteiger partial charge is 0.514 e. The minimum absolute atomic E-state index is 0.0270. The molecule has 0 aromatic heterocycles. The predicted octanol–water partition coefficient (Wildman–Crippen LogP) is 3.51. The molecule has 2 atom stereocenters. The molecular weight excluding hydrogens is 506 g/mol. The number of methoxy groups -OCH3 is 1. The second-order valence-corrected chi connectivity index (χ2v) is 10.0. The number of ether oxygens (including phenoxy) is 4. The van der Waals surface area contributed by atoms with Gasteiger partial charge in [0.15, 0.2) is 0 Å². The Hall–Kier alpha value is -4.12. The zero-order valence-corrected chi connectivity index (χ0v) is 22.6. The summed E-state index contributed by atoms with van der Waals surface area (Å²) in [4.78, 5) is 50.3. The van der Waals surface area contributed by atoms with E-state index in [0.29, 0.717) is 24.9 Å². The van der Waals surface area contributed by atoms with E-state index in [-0.39, 0.29) is 18.8 Å². The van der Waals surface area contributed by atoms with E-state index in [1.807, 2.05) is 30.3 Å². The number of hydrogen-bond donors (Lipinski definition) is 2. The van der Waals surface area contributed by atoms with Gasteiger partial charge in [0.05, 0.1) is 7.11 Å². The third-order valence-corrected chi connectivity index (χ3v) is 5.67. The Balaban J connectivity index is 1.74. The molecule has 210 valence electrons. The molecule has 2 aromatic carbocycles. The second kappa shape index (κ2) is 13.6. The molecule has 0 spiro atoms. The Bertz CT molecular complexity index is 1150. The number of amides is 2. The molecular formula is C28H35N3O8. The first-order chi connectivity index (χ1) is 18.5. The van der Waals surface area contributed by atoms with E-state index in [9.17, 15) is 19.2 Å². The highest BCUT2D eigenvalue weighted by Crippen LogP contribution is 2.19. The molecule has 39 heavy (non-hydrogen) atoms. The number of esters is 1. The topological polar surface area (TPSA) is 132 Å². The van der Waals surface area contributed by atoms with Crippen molar-refractivity contribution in [1.29, 1.82) is 0 Å². The van der Waals surface area contributed by atoms with Crippen LogP contribution in [-0.4, -0.2) is 60.5 Å². The molecule has 0 unspecified atom stereocenters. The van der Waals surface area contributed by atoms with Crippen molar-refractivity contribution in [1.82, 2.24) is 15.8 Å². The molecule has 1 aliphatic heterocycles. The molecule has 0 bridgehead atoms. The van der Waals surface area contributed by atoms with Gasteiger partial charge in [-0.1, -0.05) is 42.5 Å². The Kier molecular flexibility index (Phi) is 10.3. The lowest BCUT2D eigenvalue weighted by molar-refractivity contribution is -0.150. The number of nitrogens with one attached hydrogen (secondary N) is 2. The van der Waals surface area contributed by atoms with Crippen LogP contribution in [0, 0.1) is 0 Å². The van der Waals surface area contributed by atoms with Gasteiger partial charge in [0.25, 0.3) is 5.91 Å². The van der Waals surface area contributed by atoms with Crippen LogP contribution in [0.5, 0.6) is 5.75 Å². The first-order valence-corrected chi connectivity index (χ1v) is 12.7. The SMILES string of the molecule is COC(=O)[C@@H]1CCCN(C(=O)[C@H](Cc2cccc(OC(=O)OC(C)(C)C)c2)NC(=O)OCc2ccccc2)N1. The van der Waals surface area contributed by atoms with Crippen molar-refractivity contribution in [3.8, 4) is 5.75 Å². The minimum Gasteiger partial charge on any atom is -0.468 e. The highest BCUT2D eigenvalue weighted by Gasteiger charge is 2.33. The van der Waals surface area contributed by atoms with E-state index >= 15 is 0 Å². The number of carbonyl (C=O) groups excluding carboxylic acids is 4. The summed E-state index contributed by atoms with van der Waals surface area (Å²) in [6.45, 7) is 5.54. The number of hydrazine groups is 1. The van der Waals surface area contributed by atoms with Gasteiger partial charge in [-0.25, -0.2) is 15.0 Å². The van der Waals surface area contributed by atoms with Gasteiger partial charge in [0, 0.05) is 13.0 Å². The summed E-state index contributed by atoms with van der Waals surface area (Å²) < 4.78 is 20.6. The summed E-state index contributed by atoms with van der Waals surface area (Å²) in [5.74, 6) is -0.716. The first kappa shape index (κ1) is 29.4. The Morgan fingerprint density at radius 3 is 2.46 bits per heavy atom. The van der Waals surface area contributed by atoms with Gasteiger partial charge < -0.3 is 24.3 Å². The number of hydrogen-bond acceptors (Lipinski definition) is 9. The fourth-order valence-electron chi connectivity index (χ4n) is 3.89. The molecule has 1 heterocycles. The lowest BCUT2D eigenvalue weighted by Crippen LogP contribution is -2.60. The lowest BCUT2D eigenvalue weighted by atomic mass is 10.0. The van der Waals surface area contributed by atoms with Crippen LogP contribution in [0.1, 0.15) is 44.7 Å². The van der Waals surface area contributed by atoms with Crippen LogP contribution in [0.2, 0.25) is 0 Å². The van der Waals surface area contributed by atoms with Crippen molar-refractivity contribution in [2.24, 2.45) is 0 Å². The normalized spacial score (nSPS) is 16.0. The smallest absolute Gasteiger partial charge is 0.468 e. The van der Waals surface area contributed by atoms with E-state index in [1.165, 1.54) is 12.1 Å². The molecule has 0 saturated carbocycles. The quantitative estimate of drug-likeness (QED) is 0.293. The molecule has 2 aromatic rings. The number of benzene rings is 2. The van der Waals surface area contributed by atoms with Gasteiger partial charge in [-0.15, -0.1) is 0 Å². The van der Waals surface area contributed by atoms with Crippen LogP contribution in [-0.2, 0) is 36.8 Å². The zero-order valence-electron chi connectivity index (χ0n) is 22.6. The lowest BCUT2D eigenvalue weighted by Gasteiger charge is -2.34. The van der Waals surface area contributed by atoms with Gasteiger partial charge in [0.1, 0.15) is 30.0 Å². The van der Waals surface area contributed by atoms with Crippen molar-refractivity contribution in [2.75, 3.05) is 13.7 Å². The van der Waals surface area contributed by atoms with E-state index in [1.54, 1.807) is 45.0 Å². The molecule has 2 amide bonds. The van der Waals surface area contributed by atoms with Gasteiger partial charge in [-0.3, -0.25) is 14.6 Å². The molecule has 0 aliphatic carbocycles. The highest BCUT2D eigenvalue weighted by molar-refractivity contribution is 5.86. The van der Waals surface area contributed by atoms with Crippen molar-refractivity contribution in [3.63, 3.8) is 0 Å². The van der Waals surface area contributed by atoms with Crippen LogP contribution in [0.25, 0.3) is 0 Å². The minimum atomic E-state index is -1.05. The highest BCUT2D eigenvalue weighted by atomic mass is 16.7. The standard InChI is InChI=1S/C28H35N3O8/c1-28(2,3)39-27(35)38-21-13-8-12-20(16-21)17-23(29-26(34)37-18-19-10-6-5-7-11-19)24(32)31-15-9-14-22(30-31)25(33)36-4/h5-8,10-13,16,22-23,30H,9,14-15,17-18H2,1-4H3,(H,29,34)/t22-,23-/m0/s1. The summed E-state index contributed by atoms with van der Waals surface area (Å²) in [6.07, 6.45) is -0.493. The molecule has 11 nitrogen and oxygen atoms in total. The number of carbonyl (C=O) groups is 4. The third kappa shape index (κ3) is 9.60. The van der Waals surface area contributed by atoms with E-state index in [2.05, 4.69) is 10.7 Å². The van der Waals surface area contributed by atoms with Gasteiger partial charge in [-0.05, 0) is 56.9 Å². The van der Waals surface area contributed by atoms with Crippen LogP contribution in [0.3, 0.4) is 0 Å². The van der Waals surface area contributed by atoms with Crippen LogP contribution >= 0.6 is 0 Å². The number of alkyl carbamates (subject to hydrolysis) is 1. The maximum absolute atomic E-state index is 13.5. The van der Waals surface area contributed by atoms with Crippen molar-refractivity contribution in [3.05, 3.63) is 65.7 Å². The number of rotatable bonds is 8. The summed E-state index contributed by atoms with van der Waals surface area (Å²) in [5.41, 5.74) is 3.57. The maximum atomic E-state index is 13.5. The second-order valence-electron chi connectivity index (χ2n) is 10.0. The average Bonchev–Trinajstić information content (AvgIpc) is 2.90. The molecule has 1 saturated heterocycles. The van der Waals surface area contributed by atoms with Crippen LogP contribution < -0.4 is 15.5 Å². The van der Waals surface area contributed by atoms with Crippen LogP contribution in [0.15, 0.2) is 54.6 Å².